The Hall–Kier alpha value is -2.88. The van der Waals surface area contributed by atoms with E-state index in [1.54, 1.807) is 16.2 Å². The summed E-state index contributed by atoms with van der Waals surface area (Å²) in [5.41, 5.74) is 1.48. The molecular weight excluding hydrogens is 490 g/mol. The van der Waals surface area contributed by atoms with E-state index in [1.165, 1.54) is 0 Å². The summed E-state index contributed by atoms with van der Waals surface area (Å²) >= 11 is 1.62. The van der Waals surface area contributed by atoms with Crippen molar-refractivity contribution in [1.82, 2.24) is 10.2 Å². The van der Waals surface area contributed by atoms with E-state index in [1.807, 2.05) is 48.7 Å². The standard InChI is InChI=1S/C28H35N3O5S/c1-2-35-26-22(9-6-15-32)23(20-10-16-37-18-20)17-24(36-26)25(33)30-13-11-28(12-14-30)27(34)29-19-31(28)21-7-4-3-5-8-21/h3-5,7-8,10,16-18,22-23,26,32H,2,6,9,11-15,19H2,1H3,(H,29,34)/t22-,23-,26-/m1/s1. The van der Waals surface area contributed by atoms with Gasteiger partial charge in [0.15, 0.2) is 5.76 Å². The number of carbonyl (C=O) groups excluding carboxylic acids is 2. The maximum atomic E-state index is 13.7. The smallest absolute Gasteiger partial charge is 0.288 e. The molecule has 3 aliphatic heterocycles. The number of rotatable bonds is 8. The molecule has 1 aromatic carbocycles. The number of para-hydroxylation sites is 1. The van der Waals surface area contributed by atoms with Crippen LogP contribution in [0.1, 0.15) is 44.1 Å². The number of benzene rings is 1. The Kier molecular flexibility index (Phi) is 7.83. The van der Waals surface area contributed by atoms with Crippen molar-refractivity contribution in [1.29, 1.82) is 0 Å². The van der Waals surface area contributed by atoms with Crippen molar-refractivity contribution in [3.63, 3.8) is 0 Å². The lowest BCUT2D eigenvalue weighted by molar-refractivity contribution is -0.171. The molecule has 0 unspecified atom stereocenters. The van der Waals surface area contributed by atoms with E-state index in [0.717, 1.165) is 17.7 Å². The first kappa shape index (κ1) is 25.8. The average molecular weight is 526 g/mol. The number of nitrogens with one attached hydrogen (secondary N) is 1. The molecule has 1 spiro atoms. The van der Waals surface area contributed by atoms with Gasteiger partial charge in [-0.15, -0.1) is 0 Å². The maximum Gasteiger partial charge on any atom is 0.288 e. The zero-order valence-electron chi connectivity index (χ0n) is 21.2. The molecule has 2 fully saturated rings. The first-order chi connectivity index (χ1) is 18.1. The Morgan fingerprint density at radius 2 is 2.03 bits per heavy atom. The minimum atomic E-state index is -0.650. The van der Waals surface area contributed by atoms with Gasteiger partial charge in [-0.3, -0.25) is 9.59 Å². The first-order valence-electron chi connectivity index (χ1n) is 13.1. The number of anilines is 1. The number of likely N-dealkylation sites (tertiary alicyclic amines) is 1. The molecule has 2 saturated heterocycles. The molecule has 4 heterocycles. The van der Waals surface area contributed by atoms with E-state index in [0.29, 0.717) is 51.4 Å². The van der Waals surface area contributed by atoms with Crippen LogP contribution in [0.5, 0.6) is 0 Å². The SMILES string of the molecule is CCO[C@@H]1OC(C(=O)N2CCC3(CC2)C(=O)NCN3c2ccccc2)=C[C@H](c2ccsc2)[C@H]1CCCO. The van der Waals surface area contributed by atoms with Gasteiger partial charge in [-0.05, 0) is 73.2 Å². The Morgan fingerprint density at radius 1 is 1.24 bits per heavy atom. The molecular formula is C28H35N3O5S. The van der Waals surface area contributed by atoms with Gasteiger partial charge in [-0.25, -0.2) is 0 Å². The summed E-state index contributed by atoms with van der Waals surface area (Å²) in [6.45, 7) is 3.89. The van der Waals surface area contributed by atoms with E-state index in [4.69, 9.17) is 9.47 Å². The molecule has 3 aliphatic rings. The minimum Gasteiger partial charge on any atom is -0.459 e. The third kappa shape index (κ3) is 5.00. The lowest BCUT2D eigenvalue weighted by atomic mass is 9.81. The number of piperidine rings is 1. The Balaban J connectivity index is 1.35. The molecule has 37 heavy (non-hydrogen) atoms. The number of ether oxygens (including phenoxy) is 2. The van der Waals surface area contributed by atoms with Crippen molar-refractivity contribution in [3.05, 3.63) is 64.6 Å². The fourth-order valence-corrected chi connectivity index (χ4v) is 6.58. The van der Waals surface area contributed by atoms with Crippen molar-refractivity contribution in [3.8, 4) is 0 Å². The zero-order chi connectivity index (χ0) is 25.8. The number of carbonyl (C=O) groups is 2. The third-order valence-corrected chi connectivity index (χ3v) is 8.53. The number of aliphatic hydroxyl groups is 1. The molecule has 2 N–H and O–H groups in total. The second kappa shape index (κ2) is 11.2. The fraction of sp³-hybridized carbons (Fsp3) is 0.500. The summed E-state index contributed by atoms with van der Waals surface area (Å²) in [5, 5.41) is 16.6. The highest BCUT2D eigenvalue weighted by molar-refractivity contribution is 7.08. The number of nitrogens with zero attached hydrogens (tertiary/aromatic N) is 2. The van der Waals surface area contributed by atoms with Gasteiger partial charge in [0.25, 0.3) is 5.91 Å². The summed E-state index contributed by atoms with van der Waals surface area (Å²) in [4.78, 5) is 30.6. The highest BCUT2D eigenvalue weighted by atomic mass is 32.1. The van der Waals surface area contributed by atoms with E-state index in [9.17, 15) is 14.7 Å². The molecule has 2 amide bonds. The second-order valence-corrected chi connectivity index (χ2v) is 10.6. The van der Waals surface area contributed by atoms with Gasteiger partial charge in [-0.2, -0.15) is 11.3 Å². The minimum absolute atomic E-state index is 0.00416. The topological polar surface area (TPSA) is 91.3 Å². The Morgan fingerprint density at radius 3 is 2.70 bits per heavy atom. The van der Waals surface area contributed by atoms with Crippen LogP contribution < -0.4 is 10.2 Å². The van der Waals surface area contributed by atoms with Gasteiger partial charge >= 0.3 is 0 Å². The van der Waals surface area contributed by atoms with E-state index >= 15 is 0 Å². The van der Waals surface area contributed by atoms with Crippen molar-refractivity contribution >= 4 is 28.8 Å². The highest BCUT2D eigenvalue weighted by Gasteiger charge is 2.51. The number of hydrogen-bond donors (Lipinski definition) is 2. The number of hydrogen-bond acceptors (Lipinski definition) is 7. The summed E-state index contributed by atoms with van der Waals surface area (Å²) in [6.07, 6.45) is 3.85. The van der Waals surface area contributed by atoms with E-state index in [2.05, 4.69) is 21.7 Å². The lowest BCUT2D eigenvalue weighted by Gasteiger charge is -2.44. The molecule has 3 atom stereocenters. The van der Waals surface area contributed by atoms with Gasteiger partial charge in [0.05, 0.1) is 6.67 Å². The molecule has 1 aromatic heterocycles. The number of thiophene rings is 1. The fourth-order valence-electron chi connectivity index (χ4n) is 5.87. The maximum absolute atomic E-state index is 13.7. The van der Waals surface area contributed by atoms with Gasteiger partial charge in [-0.1, -0.05) is 18.2 Å². The van der Waals surface area contributed by atoms with Crippen LogP contribution in [0.2, 0.25) is 0 Å². The average Bonchev–Trinajstić information content (AvgIpc) is 3.57. The van der Waals surface area contributed by atoms with Gasteiger partial charge in [0.1, 0.15) is 5.54 Å². The Bertz CT molecular complexity index is 1100. The summed E-state index contributed by atoms with van der Waals surface area (Å²) in [6, 6.07) is 12.0. The molecule has 0 saturated carbocycles. The van der Waals surface area contributed by atoms with Crippen LogP contribution in [-0.2, 0) is 19.1 Å². The van der Waals surface area contributed by atoms with Crippen LogP contribution in [-0.4, -0.2) is 66.6 Å². The summed E-state index contributed by atoms with van der Waals surface area (Å²) in [5.74, 6) is 0.140. The predicted octanol–water partition coefficient (Wildman–Crippen LogP) is 3.45. The van der Waals surface area contributed by atoms with Crippen LogP contribution in [0, 0.1) is 5.92 Å². The predicted molar refractivity (Wildman–Crippen MR) is 142 cm³/mol. The molecule has 0 bridgehead atoms. The number of aliphatic hydroxyl groups excluding tert-OH is 1. The summed E-state index contributed by atoms with van der Waals surface area (Å²) < 4.78 is 12.2. The largest absolute Gasteiger partial charge is 0.459 e. The molecule has 198 valence electrons. The van der Waals surface area contributed by atoms with Crippen molar-refractivity contribution in [2.75, 3.05) is 37.9 Å². The zero-order valence-corrected chi connectivity index (χ0v) is 22.0. The molecule has 0 radical (unpaired) electrons. The molecule has 9 heteroatoms. The van der Waals surface area contributed by atoms with Gasteiger partial charge in [0, 0.05) is 43.8 Å². The Labute approximate surface area is 221 Å². The van der Waals surface area contributed by atoms with Crippen LogP contribution in [0.3, 0.4) is 0 Å². The van der Waals surface area contributed by atoms with Crippen molar-refractivity contribution in [2.45, 2.75) is 50.4 Å². The molecule has 8 nitrogen and oxygen atoms in total. The summed E-state index contributed by atoms with van der Waals surface area (Å²) in [7, 11) is 0. The van der Waals surface area contributed by atoms with Crippen LogP contribution in [0.25, 0.3) is 0 Å². The normalized spacial score (nSPS) is 25.1. The molecule has 5 rings (SSSR count). The van der Waals surface area contributed by atoms with Crippen molar-refractivity contribution < 1.29 is 24.2 Å². The van der Waals surface area contributed by atoms with Crippen molar-refractivity contribution in [2.24, 2.45) is 5.92 Å². The quantitative estimate of drug-likeness (QED) is 0.549. The van der Waals surface area contributed by atoms with E-state index in [-0.39, 0.29) is 30.3 Å². The third-order valence-electron chi connectivity index (χ3n) is 7.83. The number of allylic oxidation sites excluding steroid dienone is 1. The lowest BCUT2D eigenvalue weighted by Crippen LogP contribution is -2.57. The molecule has 0 aliphatic carbocycles. The van der Waals surface area contributed by atoms with Crippen LogP contribution >= 0.6 is 11.3 Å². The monoisotopic (exact) mass is 525 g/mol. The second-order valence-electron chi connectivity index (χ2n) is 9.84. The van der Waals surface area contributed by atoms with Gasteiger partial charge in [0.2, 0.25) is 12.2 Å². The van der Waals surface area contributed by atoms with Crippen LogP contribution in [0.15, 0.2) is 59.0 Å². The highest BCUT2D eigenvalue weighted by Crippen LogP contribution is 2.41. The number of amides is 2. The van der Waals surface area contributed by atoms with E-state index < -0.39 is 11.8 Å². The molecule has 2 aromatic rings. The van der Waals surface area contributed by atoms with Gasteiger partial charge < -0.3 is 29.7 Å². The first-order valence-corrected chi connectivity index (χ1v) is 14.0. The van der Waals surface area contributed by atoms with Crippen LogP contribution in [0.4, 0.5) is 5.69 Å².